The summed E-state index contributed by atoms with van der Waals surface area (Å²) in [7, 11) is 0. The molecule has 0 saturated carbocycles. The number of aryl methyl sites for hydroxylation is 2. The van der Waals surface area contributed by atoms with Crippen LogP contribution < -0.4 is 5.56 Å². The zero-order chi connectivity index (χ0) is 22.9. The van der Waals surface area contributed by atoms with Gasteiger partial charge in [0.05, 0.1) is 16.6 Å². The Morgan fingerprint density at radius 1 is 1.09 bits per heavy atom. The third kappa shape index (κ3) is 4.51. The molecule has 2 aromatic carbocycles. The van der Waals surface area contributed by atoms with E-state index in [0.717, 1.165) is 16.8 Å². The fourth-order valence-corrected chi connectivity index (χ4v) is 4.31. The summed E-state index contributed by atoms with van der Waals surface area (Å²) in [5.41, 5.74) is 3.15. The Bertz CT molecular complexity index is 1330. The van der Waals surface area contributed by atoms with Gasteiger partial charge in [-0.25, -0.2) is 4.57 Å². The number of para-hydroxylation sites is 1. The molecule has 10 heteroatoms. The second kappa shape index (κ2) is 8.95. The van der Waals surface area contributed by atoms with Gasteiger partial charge in [-0.15, -0.1) is 10.2 Å². The minimum absolute atomic E-state index is 0.00279. The van der Waals surface area contributed by atoms with Crippen LogP contribution in [0, 0.1) is 13.8 Å². The minimum Gasteiger partial charge on any atom is -0.372 e. The van der Waals surface area contributed by atoms with Gasteiger partial charge in [0.15, 0.2) is 5.16 Å². The van der Waals surface area contributed by atoms with E-state index in [-0.39, 0.29) is 12.2 Å². The van der Waals surface area contributed by atoms with Crippen LogP contribution >= 0.6 is 11.8 Å². The predicted molar refractivity (Wildman–Crippen MR) is 118 cm³/mol. The fraction of sp³-hybridized carbons (Fsp3) is 0.318. The summed E-state index contributed by atoms with van der Waals surface area (Å²) < 4.78 is 44.6. The molecule has 4 aromatic rings. The van der Waals surface area contributed by atoms with E-state index < -0.39 is 12.8 Å². The summed E-state index contributed by atoms with van der Waals surface area (Å²) in [5.74, 6) is 0.883. The van der Waals surface area contributed by atoms with Crippen molar-refractivity contribution >= 4 is 28.4 Å². The van der Waals surface area contributed by atoms with Crippen LogP contribution in [0.15, 0.2) is 52.4 Å². The lowest BCUT2D eigenvalue weighted by Crippen LogP contribution is -2.22. The summed E-state index contributed by atoms with van der Waals surface area (Å²) in [6.45, 7) is 2.63. The number of halogens is 3. The average molecular weight is 462 g/mol. The Morgan fingerprint density at radius 3 is 2.66 bits per heavy atom. The van der Waals surface area contributed by atoms with Crippen LogP contribution in [0.25, 0.3) is 22.4 Å². The molecule has 4 rings (SSSR count). The SMILES string of the molecule is Cc1ccc(C)c(-n2c(=O)c3ccccc3n3c(SCCCOCC(F)(F)F)nnc23)c1. The van der Waals surface area contributed by atoms with E-state index in [1.54, 1.807) is 16.7 Å². The van der Waals surface area contributed by atoms with Crippen molar-refractivity contribution < 1.29 is 17.9 Å². The molecule has 32 heavy (non-hydrogen) atoms. The highest BCUT2D eigenvalue weighted by atomic mass is 32.2. The molecule has 0 N–H and O–H groups in total. The Morgan fingerprint density at radius 2 is 1.88 bits per heavy atom. The number of benzene rings is 2. The summed E-state index contributed by atoms with van der Waals surface area (Å²) in [6.07, 6.45) is -3.91. The molecule has 0 bridgehead atoms. The molecule has 6 nitrogen and oxygen atoms in total. The van der Waals surface area contributed by atoms with Gasteiger partial charge in [-0.3, -0.25) is 9.20 Å². The lowest BCUT2D eigenvalue weighted by molar-refractivity contribution is -0.173. The number of hydrogen-bond donors (Lipinski definition) is 0. The molecule has 0 fully saturated rings. The van der Waals surface area contributed by atoms with E-state index in [9.17, 15) is 18.0 Å². The molecule has 0 amide bonds. The quantitative estimate of drug-likeness (QED) is 0.294. The van der Waals surface area contributed by atoms with Crippen molar-refractivity contribution in [1.29, 1.82) is 0 Å². The molecule has 0 unspecified atom stereocenters. The Labute approximate surface area is 186 Å². The van der Waals surface area contributed by atoms with Crippen molar-refractivity contribution in [2.75, 3.05) is 19.0 Å². The molecule has 2 heterocycles. The zero-order valence-corrected chi connectivity index (χ0v) is 18.3. The van der Waals surface area contributed by atoms with Gasteiger partial charge in [-0.05, 0) is 49.6 Å². The summed E-state index contributed by atoms with van der Waals surface area (Å²) >= 11 is 1.36. The first-order valence-electron chi connectivity index (χ1n) is 10.00. The Balaban J connectivity index is 1.72. The molecule has 0 spiro atoms. The van der Waals surface area contributed by atoms with Gasteiger partial charge in [-0.1, -0.05) is 36.0 Å². The Hall–Kier alpha value is -2.85. The summed E-state index contributed by atoms with van der Waals surface area (Å²) in [4.78, 5) is 13.4. The molecule has 0 aliphatic rings. The van der Waals surface area contributed by atoms with Crippen molar-refractivity contribution in [3.8, 4) is 5.69 Å². The van der Waals surface area contributed by atoms with Crippen molar-refractivity contribution in [2.45, 2.75) is 31.6 Å². The van der Waals surface area contributed by atoms with Crippen LogP contribution in [0.3, 0.4) is 0 Å². The average Bonchev–Trinajstić information content (AvgIpc) is 3.16. The topological polar surface area (TPSA) is 61.4 Å². The second-order valence-electron chi connectivity index (χ2n) is 7.44. The second-order valence-corrected chi connectivity index (χ2v) is 8.50. The zero-order valence-electron chi connectivity index (χ0n) is 17.5. The lowest BCUT2D eigenvalue weighted by atomic mass is 10.1. The molecule has 0 aliphatic heterocycles. The van der Waals surface area contributed by atoms with Gasteiger partial charge < -0.3 is 4.74 Å². The highest BCUT2D eigenvalue weighted by Crippen LogP contribution is 2.25. The third-order valence-electron chi connectivity index (χ3n) is 4.93. The molecule has 0 radical (unpaired) electrons. The predicted octanol–water partition coefficient (Wildman–Crippen LogP) is 4.71. The first-order chi connectivity index (χ1) is 15.3. The number of hydrogen-bond acceptors (Lipinski definition) is 5. The van der Waals surface area contributed by atoms with E-state index in [2.05, 4.69) is 14.9 Å². The maximum Gasteiger partial charge on any atom is 0.411 e. The summed E-state index contributed by atoms with van der Waals surface area (Å²) in [5, 5.41) is 9.66. The van der Waals surface area contributed by atoms with Crippen LogP contribution in [0.5, 0.6) is 0 Å². The first kappa shape index (κ1) is 22.3. The Kier molecular flexibility index (Phi) is 6.25. The largest absolute Gasteiger partial charge is 0.411 e. The van der Waals surface area contributed by atoms with Gasteiger partial charge in [0.25, 0.3) is 5.56 Å². The number of thioether (sulfide) groups is 1. The summed E-state index contributed by atoms with van der Waals surface area (Å²) in [6, 6.07) is 13.1. The van der Waals surface area contributed by atoms with E-state index in [1.165, 1.54) is 11.8 Å². The van der Waals surface area contributed by atoms with Crippen molar-refractivity contribution in [1.82, 2.24) is 19.2 Å². The normalized spacial score (nSPS) is 12.2. The van der Waals surface area contributed by atoms with Crippen LogP contribution in [0.1, 0.15) is 17.5 Å². The fourth-order valence-electron chi connectivity index (χ4n) is 3.46. The highest BCUT2D eigenvalue weighted by molar-refractivity contribution is 7.99. The van der Waals surface area contributed by atoms with Crippen LogP contribution in [-0.4, -0.2) is 44.3 Å². The highest BCUT2D eigenvalue weighted by Gasteiger charge is 2.27. The van der Waals surface area contributed by atoms with Crippen molar-refractivity contribution in [3.63, 3.8) is 0 Å². The maximum atomic E-state index is 13.4. The van der Waals surface area contributed by atoms with Gasteiger partial charge in [-0.2, -0.15) is 13.2 Å². The van der Waals surface area contributed by atoms with E-state index in [1.807, 2.05) is 48.6 Å². The number of nitrogens with zero attached hydrogens (tertiary/aromatic N) is 4. The first-order valence-corrected chi connectivity index (χ1v) is 11.0. The van der Waals surface area contributed by atoms with Crippen LogP contribution in [0.2, 0.25) is 0 Å². The van der Waals surface area contributed by atoms with E-state index >= 15 is 0 Å². The van der Waals surface area contributed by atoms with Crippen LogP contribution in [-0.2, 0) is 4.74 Å². The smallest absolute Gasteiger partial charge is 0.372 e. The van der Waals surface area contributed by atoms with E-state index in [0.29, 0.717) is 34.0 Å². The molecular formula is C22H21F3N4O2S. The van der Waals surface area contributed by atoms with E-state index in [4.69, 9.17) is 0 Å². The van der Waals surface area contributed by atoms with Gasteiger partial charge in [0, 0.05) is 12.4 Å². The van der Waals surface area contributed by atoms with Crippen molar-refractivity contribution in [3.05, 3.63) is 63.9 Å². The number of fused-ring (bicyclic) bond motifs is 3. The number of ether oxygens (including phenoxy) is 1. The molecule has 2 aromatic heterocycles. The number of aromatic nitrogens is 4. The van der Waals surface area contributed by atoms with Crippen LogP contribution in [0.4, 0.5) is 13.2 Å². The molecule has 0 atom stereocenters. The lowest BCUT2D eigenvalue weighted by Gasteiger charge is -2.14. The molecule has 168 valence electrons. The minimum atomic E-state index is -4.33. The number of alkyl halides is 3. The standard InChI is InChI=1S/C22H21F3N4O2S/c1-14-8-9-15(2)18(12-14)28-19(30)16-6-3-4-7-17(16)29-20(28)26-27-21(29)32-11-5-10-31-13-22(23,24)25/h3-4,6-9,12H,5,10-11,13H2,1-2H3. The molecule has 0 aliphatic carbocycles. The molecule has 0 saturated heterocycles. The monoisotopic (exact) mass is 462 g/mol. The van der Waals surface area contributed by atoms with Gasteiger partial charge in [0.2, 0.25) is 5.78 Å². The number of rotatable bonds is 7. The third-order valence-corrected chi connectivity index (χ3v) is 5.95. The maximum absolute atomic E-state index is 13.4. The molecular weight excluding hydrogens is 441 g/mol. The van der Waals surface area contributed by atoms with Gasteiger partial charge >= 0.3 is 6.18 Å². The van der Waals surface area contributed by atoms with Crippen molar-refractivity contribution in [2.24, 2.45) is 0 Å². The van der Waals surface area contributed by atoms with Gasteiger partial charge in [0.1, 0.15) is 6.61 Å².